The summed E-state index contributed by atoms with van der Waals surface area (Å²) in [5, 5.41) is 0. The van der Waals surface area contributed by atoms with E-state index in [4.69, 9.17) is 10.5 Å². The zero-order valence-electron chi connectivity index (χ0n) is 11.4. The summed E-state index contributed by atoms with van der Waals surface area (Å²) < 4.78 is 5.05. The number of anilines is 1. The number of hydrogen-bond donors (Lipinski definition) is 1. The van der Waals surface area contributed by atoms with Crippen LogP contribution in [0.15, 0.2) is 12.4 Å². The van der Waals surface area contributed by atoms with E-state index in [0.717, 1.165) is 0 Å². The number of hydrogen-bond acceptors (Lipinski definition) is 7. The first-order valence-electron chi connectivity index (χ1n) is 5.78. The number of aromatic nitrogens is 5. The monoisotopic (exact) mass is 260 g/mol. The van der Waals surface area contributed by atoms with Gasteiger partial charge in [0.25, 0.3) is 0 Å². The van der Waals surface area contributed by atoms with Crippen molar-refractivity contribution in [3.63, 3.8) is 0 Å². The quantitative estimate of drug-likeness (QED) is 0.866. The molecule has 0 radical (unpaired) electrons. The molecule has 0 atom stereocenters. The van der Waals surface area contributed by atoms with E-state index in [-0.39, 0.29) is 11.4 Å². The molecule has 0 aliphatic carbocycles. The van der Waals surface area contributed by atoms with Crippen molar-refractivity contribution in [2.24, 2.45) is 0 Å². The standard InChI is InChI=1S/C12H16N6O/c1-12(2,3)10-16-9(17-11(13)18-10)7-5-8(19-4)15-6-14-7/h5-6H,1-4H3,(H2,13,16,17,18). The summed E-state index contributed by atoms with van der Waals surface area (Å²) in [6.07, 6.45) is 1.39. The minimum absolute atomic E-state index is 0.174. The maximum absolute atomic E-state index is 5.73. The fraction of sp³-hybridized carbons (Fsp3) is 0.417. The smallest absolute Gasteiger partial charge is 0.223 e. The third kappa shape index (κ3) is 2.93. The second-order valence-electron chi connectivity index (χ2n) is 5.04. The van der Waals surface area contributed by atoms with Crippen LogP contribution in [-0.2, 0) is 5.41 Å². The highest BCUT2D eigenvalue weighted by atomic mass is 16.5. The maximum atomic E-state index is 5.73. The van der Waals surface area contributed by atoms with Crippen LogP contribution in [0.1, 0.15) is 26.6 Å². The van der Waals surface area contributed by atoms with Crippen molar-refractivity contribution in [1.29, 1.82) is 0 Å². The summed E-state index contributed by atoms with van der Waals surface area (Å²) in [5.41, 5.74) is 6.06. The molecule has 2 aromatic heterocycles. The molecular formula is C12H16N6O. The van der Waals surface area contributed by atoms with Crippen molar-refractivity contribution >= 4 is 5.95 Å². The van der Waals surface area contributed by atoms with Gasteiger partial charge < -0.3 is 10.5 Å². The van der Waals surface area contributed by atoms with Crippen LogP contribution in [0.3, 0.4) is 0 Å². The predicted octanol–water partition coefficient (Wildman–Crippen LogP) is 1.22. The SMILES string of the molecule is COc1cc(-c2nc(N)nc(C(C)(C)C)n2)ncn1. The van der Waals surface area contributed by atoms with Gasteiger partial charge in [-0.2, -0.15) is 9.97 Å². The van der Waals surface area contributed by atoms with Crippen molar-refractivity contribution in [3.05, 3.63) is 18.2 Å². The summed E-state index contributed by atoms with van der Waals surface area (Å²) in [6, 6.07) is 1.65. The summed E-state index contributed by atoms with van der Waals surface area (Å²) >= 11 is 0. The molecule has 0 saturated heterocycles. The van der Waals surface area contributed by atoms with Crippen LogP contribution in [0.4, 0.5) is 5.95 Å². The first-order chi connectivity index (χ1) is 8.90. The molecule has 7 heteroatoms. The van der Waals surface area contributed by atoms with Crippen molar-refractivity contribution in [1.82, 2.24) is 24.9 Å². The lowest BCUT2D eigenvalue weighted by molar-refractivity contribution is 0.397. The second kappa shape index (κ2) is 4.75. The van der Waals surface area contributed by atoms with Gasteiger partial charge in [-0.05, 0) is 0 Å². The lowest BCUT2D eigenvalue weighted by Crippen LogP contribution is -2.18. The molecular weight excluding hydrogens is 244 g/mol. The van der Waals surface area contributed by atoms with E-state index >= 15 is 0 Å². The summed E-state index contributed by atoms with van der Waals surface area (Å²) in [7, 11) is 1.54. The molecule has 2 heterocycles. The van der Waals surface area contributed by atoms with E-state index in [1.807, 2.05) is 20.8 Å². The molecule has 0 bridgehead atoms. The highest BCUT2D eigenvalue weighted by Gasteiger charge is 2.20. The Morgan fingerprint density at radius 2 is 1.84 bits per heavy atom. The van der Waals surface area contributed by atoms with Crippen molar-refractivity contribution in [2.75, 3.05) is 12.8 Å². The minimum atomic E-state index is -0.219. The van der Waals surface area contributed by atoms with Crippen LogP contribution in [0.2, 0.25) is 0 Å². The van der Waals surface area contributed by atoms with Crippen LogP contribution in [0.25, 0.3) is 11.5 Å². The summed E-state index contributed by atoms with van der Waals surface area (Å²) in [6.45, 7) is 6.02. The Hall–Kier alpha value is -2.31. The Morgan fingerprint density at radius 3 is 2.47 bits per heavy atom. The lowest BCUT2D eigenvalue weighted by atomic mass is 9.96. The number of nitrogens with zero attached hydrogens (tertiary/aromatic N) is 5. The van der Waals surface area contributed by atoms with Gasteiger partial charge in [0.2, 0.25) is 11.8 Å². The van der Waals surface area contributed by atoms with Crippen LogP contribution in [0, 0.1) is 0 Å². The molecule has 2 N–H and O–H groups in total. The Morgan fingerprint density at radius 1 is 1.11 bits per heavy atom. The summed E-state index contributed by atoms with van der Waals surface area (Å²) in [4.78, 5) is 20.7. The minimum Gasteiger partial charge on any atom is -0.481 e. The van der Waals surface area contributed by atoms with Crippen molar-refractivity contribution in [2.45, 2.75) is 26.2 Å². The van der Waals surface area contributed by atoms with Gasteiger partial charge in [-0.1, -0.05) is 20.8 Å². The van der Waals surface area contributed by atoms with Crippen molar-refractivity contribution < 1.29 is 4.74 Å². The average molecular weight is 260 g/mol. The molecule has 7 nitrogen and oxygen atoms in total. The fourth-order valence-electron chi connectivity index (χ4n) is 1.42. The normalized spacial score (nSPS) is 11.4. The molecule has 2 rings (SSSR count). The van der Waals surface area contributed by atoms with Gasteiger partial charge in [-0.3, -0.25) is 0 Å². The van der Waals surface area contributed by atoms with Gasteiger partial charge in [-0.25, -0.2) is 15.0 Å². The van der Waals surface area contributed by atoms with E-state index < -0.39 is 0 Å². The predicted molar refractivity (Wildman–Crippen MR) is 70.5 cm³/mol. The molecule has 0 amide bonds. The Kier molecular flexibility index (Phi) is 3.28. The molecule has 0 spiro atoms. The van der Waals surface area contributed by atoms with E-state index in [2.05, 4.69) is 24.9 Å². The van der Waals surface area contributed by atoms with Gasteiger partial charge in [0, 0.05) is 11.5 Å². The number of rotatable bonds is 2. The van der Waals surface area contributed by atoms with E-state index in [1.165, 1.54) is 13.4 Å². The van der Waals surface area contributed by atoms with Gasteiger partial charge in [0.1, 0.15) is 17.8 Å². The van der Waals surface area contributed by atoms with Gasteiger partial charge in [0.05, 0.1) is 7.11 Å². The number of nitrogen functional groups attached to an aromatic ring is 1. The van der Waals surface area contributed by atoms with E-state index in [0.29, 0.717) is 23.2 Å². The molecule has 19 heavy (non-hydrogen) atoms. The van der Waals surface area contributed by atoms with E-state index in [1.54, 1.807) is 6.07 Å². The van der Waals surface area contributed by atoms with Crippen LogP contribution < -0.4 is 10.5 Å². The number of nitrogens with two attached hydrogens (primary N) is 1. The van der Waals surface area contributed by atoms with Crippen LogP contribution in [0.5, 0.6) is 5.88 Å². The molecule has 100 valence electrons. The molecule has 0 unspecified atom stereocenters. The Labute approximate surface area is 111 Å². The zero-order chi connectivity index (χ0) is 14.0. The molecule has 0 aromatic carbocycles. The van der Waals surface area contributed by atoms with Crippen molar-refractivity contribution in [3.8, 4) is 17.4 Å². The third-order valence-electron chi connectivity index (χ3n) is 2.40. The average Bonchev–Trinajstić information content (AvgIpc) is 2.37. The van der Waals surface area contributed by atoms with Gasteiger partial charge in [-0.15, -0.1) is 0 Å². The Bertz CT molecular complexity index is 593. The Balaban J connectivity index is 2.53. The van der Waals surface area contributed by atoms with Gasteiger partial charge in [0.15, 0.2) is 5.82 Å². The highest BCUT2D eigenvalue weighted by molar-refractivity contribution is 5.51. The fourth-order valence-corrected chi connectivity index (χ4v) is 1.42. The maximum Gasteiger partial charge on any atom is 0.223 e. The number of methoxy groups -OCH3 is 1. The lowest BCUT2D eigenvalue weighted by Gasteiger charge is -2.16. The highest BCUT2D eigenvalue weighted by Crippen LogP contribution is 2.22. The molecule has 2 aromatic rings. The van der Waals surface area contributed by atoms with Gasteiger partial charge >= 0.3 is 0 Å². The first kappa shape index (κ1) is 13.1. The van der Waals surface area contributed by atoms with Crippen LogP contribution in [-0.4, -0.2) is 32.0 Å². The number of ether oxygens (including phenoxy) is 1. The first-order valence-corrected chi connectivity index (χ1v) is 5.78. The zero-order valence-corrected chi connectivity index (χ0v) is 11.4. The largest absolute Gasteiger partial charge is 0.481 e. The second-order valence-corrected chi connectivity index (χ2v) is 5.04. The third-order valence-corrected chi connectivity index (χ3v) is 2.40. The van der Waals surface area contributed by atoms with Crippen LogP contribution >= 0.6 is 0 Å². The molecule has 0 aliphatic rings. The molecule has 0 fully saturated rings. The molecule has 0 aliphatic heterocycles. The summed E-state index contributed by atoms with van der Waals surface area (Å²) in [5.74, 6) is 1.65. The molecule has 0 saturated carbocycles. The van der Waals surface area contributed by atoms with E-state index in [9.17, 15) is 0 Å². The topological polar surface area (TPSA) is 99.7 Å².